The van der Waals surface area contributed by atoms with Crippen LogP contribution in [0, 0.1) is 11.7 Å². The summed E-state index contributed by atoms with van der Waals surface area (Å²) in [7, 11) is 0. The predicted molar refractivity (Wildman–Crippen MR) is 70.9 cm³/mol. The number of nitrogens with zero attached hydrogens (tertiary/aromatic N) is 2. The van der Waals surface area contributed by atoms with Gasteiger partial charge in [0.15, 0.2) is 5.84 Å². The first-order valence-electron chi connectivity index (χ1n) is 6.29. The van der Waals surface area contributed by atoms with Gasteiger partial charge in [0, 0.05) is 19.7 Å². The van der Waals surface area contributed by atoms with E-state index >= 15 is 0 Å². The number of benzene rings is 1. The van der Waals surface area contributed by atoms with Gasteiger partial charge < -0.3 is 20.9 Å². The molecule has 1 aliphatic heterocycles. The van der Waals surface area contributed by atoms with Crippen molar-refractivity contribution in [2.24, 2.45) is 16.8 Å². The van der Waals surface area contributed by atoms with E-state index in [4.69, 9.17) is 16.0 Å². The van der Waals surface area contributed by atoms with Crippen LogP contribution in [0.5, 0.6) is 0 Å². The van der Waals surface area contributed by atoms with Crippen molar-refractivity contribution in [3.8, 4) is 0 Å². The van der Waals surface area contributed by atoms with Crippen molar-refractivity contribution in [2.75, 3.05) is 24.6 Å². The van der Waals surface area contributed by atoms with Crippen LogP contribution in [0.25, 0.3) is 0 Å². The van der Waals surface area contributed by atoms with Crippen molar-refractivity contribution in [3.05, 3.63) is 29.6 Å². The highest BCUT2D eigenvalue weighted by molar-refractivity contribution is 6.02. The first-order chi connectivity index (χ1) is 9.17. The number of nitrogens with two attached hydrogens (primary N) is 1. The van der Waals surface area contributed by atoms with Crippen LogP contribution < -0.4 is 10.6 Å². The van der Waals surface area contributed by atoms with Crippen LogP contribution in [0.15, 0.2) is 23.4 Å². The molecule has 6 heteroatoms. The fourth-order valence-electron chi connectivity index (χ4n) is 2.55. The summed E-state index contributed by atoms with van der Waals surface area (Å²) in [5.41, 5.74) is 6.32. The summed E-state index contributed by atoms with van der Waals surface area (Å²) in [5, 5.41) is 20.6. The van der Waals surface area contributed by atoms with E-state index in [0.29, 0.717) is 11.6 Å². The molecule has 0 spiro atoms. The van der Waals surface area contributed by atoms with E-state index in [1.165, 1.54) is 6.07 Å². The van der Waals surface area contributed by atoms with Gasteiger partial charge in [0.05, 0.1) is 11.3 Å². The topological polar surface area (TPSA) is 82.1 Å². The molecule has 0 saturated carbocycles. The van der Waals surface area contributed by atoms with E-state index in [-0.39, 0.29) is 18.0 Å². The fourth-order valence-corrected chi connectivity index (χ4v) is 2.55. The second-order valence-electron chi connectivity index (χ2n) is 4.73. The number of anilines is 1. The maximum atomic E-state index is 13.8. The minimum absolute atomic E-state index is 0.134. The molecule has 1 saturated heterocycles. The van der Waals surface area contributed by atoms with Crippen molar-refractivity contribution < 1.29 is 14.7 Å². The van der Waals surface area contributed by atoms with Gasteiger partial charge in [-0.05, 0) is 30.9 Å². The Balaban J connectivity index is 2.28. The lowest BCUT2D eigenvalue weighted by Gasteiger charge is -2.22. The lowest BCUT2D eigenvalue weighted by Crippen LogP contribution is -2.25. The second-order valence-corrected chi connectivity index (χ2v) is 4.73. The molecule has 1 aromatic rings. The van der Waals surface area contributed by atoms with Crippen LogP contribution in [0.4, 0.5) is 10.1 Å². The molecule has 5 nitrogen and oxygen atoms in total. The van der Waals surface area contributed by atoms with Crippen molar-refractivity contribution in [3.63, 3.8) is 0 Å². The van der Waals surface area contributed by atoms with E-state index in [2.05, 4.69) is 5.16 Å². The Hall–Kier alpha value is -1.82. The van der Waals surface area contributed by atoms with Crippen molar-refractivity contribution in [2.45, 2.75) is 12.8 Å². The zero-order valence-corrected chi connectivity index (χ0v) is 10.6. The summed E-state index contributed by atoms with van der Waals surface area (Å²) in [4.78, 5) is 2.01. The third kappa shape index (κ3) is 2.78. The maximum Gasteiger partial charge on any atom is 0.175 e. The smallest absolute Gasteiger partial charge is 0.175 e. The lowest BCUT2D eigenvalue weighted by molar-refractivity contribution is 0.263. The van der Waals surface area contributed by atoms with Gasteiger partial charge in [0.2, 0.25) is 0 Å². The van der Waals surface area contributed by atoms with Gasteiger partial charge in [0.25, 0.3) is 0 Å². The SMILES string of the molecule is N/C(=N/O)c1c(F)cccc1N1CCC(CCO)C1. The number of hydrogen-bond donors (Lipinski definition) is 3. The standard InChI is InChI=1S/C13H18FN3O2/c14-10-2-1-3-11(12(10)13(15)16-19)17-6-4-9(8-17)5-7-18/h1-3,9,18-19H,4-8H2,(H2,15,16). The Morgan fingerprint density at radius 1 is 1.53 bits per heavy atom. The van der Waals surface area contributed by atoms with Crippen LogP contribution in [0.1, 0.15) is 18.4 Å². The highest BCUT2D eigenvalue weighted by Gasteiger charge is 2.25. The number of oxime groups is 1. The first-order valence-corrected chi connectivity index (χ1v) is 6.29. The molecule has 0 amide bonds. The molecular weight excluding hydrogens is 249 g/mol. The van der Waals surface area contributed by atoms with Gasteiger partial charge in [-0.15, -0.1) is 0 Å². The second kappa shape index (κ2) is 5.88. The Bertz CT molecular complexity index is 479. The molecule has 0 aromatic heterocycles. The Labute approximate surface area is 111 Å². The number of hydrogen-bond acceptors (Lipinski definition) is 4. The van der Waals surface area contributed by atoms with Crippen LogP contribution >= 0.6 is 0 Å². The average molecular weight is 267 g/mol. The van der Waals surface area contributed by atoms with Crippen molar-refractivity contribution >= 4 is 11.5 Å². The predicted octanol–water partition coefficient (Wildman–Crippen LogP) is 1.13. The van der Waals surface area contributed by atoms with Gasteiger partial charge in [-0.25, -0.2) is 4.39 Å². The van der Waals surface area contributed by atoms with Crippen molar-refractivity contribution in [1.29, 1.82) is 0 Å². The minimum atomic E-state index is -0.501. The van der Waals surface area contributed by atoms with Crippen LogP contribution in [-0.2, 0) is 0 Å². The third-order valence-electron chi connectivity index (χ3n) is 3.52. The van der Waals surface area contributed by atoms with Gasteiger partial charge in [-0.2, -0.15) is 0 Å². The highest BCUT2D eigenvalue weighted by Crippen LogP contribution is 2.29. The molecule has 0 bridgehead atoms. The lowest BCUT2D eigenvalue weighted by atomic mass is 10.1. The molecule has 2 rings (SSSR count). The molecule has 19 heavy (non-hydrogen) atoms. The molecule has 1 aliphatic rings. The quantitative estimate of drug-likeness (QED) is 0.330. The molecule has 0 radical (unpaired) electrons. The molecular formula is C13H18FN3O2. The molecule has 1 aromatic carbocycles. The summed E-state index contributed by atoms with van der Waals surface area (Å²) in [5.74, 6) is -0.328. The number of amidine groups is 1. The van der Waals surface area contributed by atoms with Crippen LogP contribution in [-0.4, -0.2) is 35.8 Å². The van der Waals surface area contributed by atoms with E-state index in [1.807, 2.05) is 4.90 Å². The average Bonchev–Trinajstić information content (AvgIpc) is 2.86. The van der Waals surface area contributed by atoms with Crippen LogP contribution in [0.2, 0.25) is 0 Å². The highest BCUT2D eigenvalue weighted by atomic mass is 19.1. The summed E-state index contributed by atoms with van der Waals surface area (Å²) in [6.45, 7) is 1.68. The van der Waals surface area contributed by atoms with Gasteiger partial charge in [-0.3, -0.25) is 0 Å². The van der Waals surface area contributed by atoms with E-state index in [0.717, 1.165) is 25.9 Å². The Morgan fingerprint density at radius 2 is 2.32 bits per heavy atom. The van der Waals surface area contributed by atoms with E-state index in [1.54, 1.807) is 12.1 Å². The minimum Gasteiger partial charge on any atom is -0.409 e. The molecule has 1 fully saturated rings. The molecule has 4 N–H and O–H groups in total. The summed E-state index contributed by atoms with van der Waals surface area (Å²) in [6.07, 6.45) is 1.69. The number of aliphatic hydroxyl groups excluding tert-OH is 1. The zero-order valence-electron chi connectivity index (χ0n) is 10.6. The summed E-state index contributed by atoms with van der Waals surface area (Å²) < 4.78 is 13.8. The molecule has 1 atom stereocenters. The number of aliphatic hydroxyl groups is 1. The Kier molecular flexibility index (Phi) is 4.21. The number of halogens is 1. The van der Waals surface area contributed by atoms with Crippen molar-refractivity contribution in [1.82, 2.24) is 0 Å². The molecule has 104 valence electrons. The van der Waals surface area contributed by atoms with E-state index < -0.39 is 5.82 Å². The zero-order chi connectivity index (χ0) is 13.8. The number of rotatable bonds is 4. The molecule has 1 unspecified atom stereocenters. The first kappa shape index (κ1) is 13.6. The fraction of sp³-hybridized carbons (Fsp3) is 0.462. The third-order valence-corrected chi connectivity index (χ3v) is 3.52. The van der Waals surface area contributed by atoms with Gasteiger partial charge >= 0.3 is 0 Å². The van der Waals surface area contributed by atoms with Gasteiger partial charge in [-0.1, -0.05) is 11.2 Å². The largest absolute Gasteiger partial charge is 0.409 e. The molecule has 1 heterocycles. The monoisotopic (exact) mass is 267 g/mol. The maximum absolute atomic E-state index is 13.8. The van der Waals surface area contributed by atoms with E-state index in [9.17, 15) is 4.39 Å². The molecule has 0 aliphatic carbocycles. The summed E-state index contributed by atoms with van der Waals surface area (Å²) >= 11 is 0. The van der Waals surface area contributed by atoms with Gasteiger partial charge in [0.1, 0.15) is 5.82 Å². The van der Waals surface area contributed by atoms with Crippen LogP contribution in [0.3, 0.4) is 0 Å². The summed E-state index contributed by atoms with van der Waals surface area (Å²) in [6, 6.07) is 4.66. The Morgan fingerprint density at radius 3 is 3.00 bits per heavy atom. The normalized spacial score (nSPS) is 20.0.